The molecule has 1 nitrogen and oxygen atoms in total. The highest BCUT2D eigenvalue weighted by Gasteiger charge is 2.09. The first-order valence-corrected chi connectivity index (χ1v) is 5.38. The Labute approximate surface area is 89.1 Å². The van der Waals surface area contributed by atoms with E-state index in [4.69, 9.17) is 11.6 Å². The first kappa shape index (κ1) is 9.62. The van der Waals surface area contributed by atoms with Crippen molar-refractivity contribution >= 4 is 39.3 Å². The number of hydrogen-bond acceptors (Lipinski definition) is 2. The Morgan fingerprint density at radius 3 is 2.93 bits per heavy atom. The quantitative estimate of drug-likeness (QED) is 0.567. The Morgan fingerprint density at radius 2 is 2.29 bits per heavy atom. The Hall–Kier alpha value is -0.930. The molecule has 0 aliphatic carbocycles. The molecule has 0 N–H and O–H groups in total. The molecule has 0 radical (unpaired) electrons. The van der Waals surface area contributed by atoms with Gasteiger partial charge in [-0.05, 0) is 17.7 Å². The van der Waals surface area contributed by atoms with Crippen molar-refractivity contribution in [1.82, 2.24) is 0 Å². The SMILES string of the molecule is O=Cc1cc(CCl)cc2scc(F)c12. The molecule has 2 aromatic rings. The van der Waals surface area contributed by atoms with Gasteiger partial charge in [0, 0.05) is 26.9 Å². The van der Waals surface area contributed by atoms with Crippen LogP contribution in [0.15, 0.2) is 17.5 Å². The summed E-state index contributed by atoms with van der Waals surface area (Å²) >= 11 is 6.94. The van der Waals surface area contributed by atoms with Crippen LogP contribution in [0.1, 0.15) is 15.9 Å². The normalized spacial score (nSPS) is 10.7. The summed E-state index contributed by atoms with van der Waals surface area (Å²) in [6, 6.07) is 3.43. The molecular weight excluding hydrogens is 223 g/mol. The van der Waals surface area contributed by atoms with E-state index in [9.17, 15) is 9.18 Å². The first-order valence-electron chi connectivity index (χ1n) is 3.97. The largest absolute Gasteiger partial charge is 0.298 e. The Balaban J connectivity index is 2.82. The zero-order chi connectivity index (χ0) is 10.1. The van der Waals surface area contributed by atoms with Crippen LogP contribution in [0.25, 0.3) is 10.1 Å². The van der Waals surface area contributed by atoms with Crippen molar-refractivity contribution in [3.63, 3.8) is 0 Å². The van der Waals surface area contributed by atoms with E-state index in [1.54, 1.807) is 6.07 Å². The summed E-state index contributed by atoms with van der Waals surface area (Å²) in [6.07, 6.45) is 0.661. The van der Waals surface area contributed by atoms with Gasteiger partial charge in [0.2, 0.25) is 0 Å². The number of alkyl halides is 1. The monoisotopic (exact) mass is 228 g/mol. The molecule has 0 spiro atoms. The van der Waals surface area contributed by atoms with Crippen molar-refractivity contribution in [2.24, 2.45) is 0 Å². The molecule has 0 saturated heterocycles. The van der Waals surface area contributed by atoms with Crippen LogP contribution in [0, 0.1) is 5.82 Å². The van der Waals surface area contributed by atoms with Crippen LogP contribution in [-0.4, -0.2) is 6.29 Å². The second-order valence-electron chi connectivity index (χ2n) is 2.89. The minimum absolute atomic E-state index is 0.330. The van der Waals surface area contributed by atoms with Crippen molar-refractivity contribution in [3.05, 3.63) is 34.5 Å². The third-order valence-electron chi connectivity index (χ3n) is 2.00. The molecule has 2 rings (SSSR count). The van der Waals surface area contributed by atoms with Crippen LogP contribution >= 0.6 is 22.9 Å². The molecule has 0 aliphatic heterocycles. The number of fused-ring (bicyclic) bond motifs is 1. The highest BCUT2D eigenvalue weighted by Crippen LogP contribution is 2.29. The van der Waals surface area contributed by atoms with E-state index >= 15 is 0 Å². The summed E-state index contributed by atoms with van der Waals surface area (Å²) in [5.74, 6) is -0.00995. The molecule has 0 unspecified atom stereocenters. The molecule has 0 amide bonds. The summed E-state index contributed by atoms with van der Waals surface area (Å²) in [4.78, 5) is 10.7. The summed E-state index contributed by atoms with van der Waals surface area (Å²) in [5, 5.41) is 1.80. The Morgan fingerprint density at radius 1 is 1.50 bits per heavy atom. The lowest BCUT2D eigenvalue weighted by Crippen LogP contribution is -1.86. The molecule has 1 aromatic heterocycles. The Bertz CT molecular complexity index is 492. The number of benzene rings is 1. The van der Waals surface area contributed by atoms with Gasteiger partial charge in [0.1, 0.15) is 5.82 Å². The molecule has 0 bridgehead atoms. The fourth-order valence-corrected chi connectivity index (χ4v) is 2.44. The molecule has 1 heterocycles. The van der Waals surface area contributed by atoms with E-state index in [2.05, 4.69) is 0 Å². The number of carbonyl (C=O) groups is 1. The average molecular weight is 229 g/mol. The predicted molar refractivity (Wildman–Crippen MR) is 56.7 cm³/mol. The lowest BCUT2D eigenvalue weighted by molar-refractivity contribution is 0.112. The van der Waals surface area contributed by atoms with Gasteiger partial charge in [0.25, 0.3) is 0 Å². The van der Waals surface area contributed by atoms with Crippen molar-refractivity contribution in [1.29, 1.82) is 0 Å². The molecule has 14 heavy (non-hydrogen) atoms. The van der Waals surface area contributed by atoms with Crippen LogP contribution in [-0.2, 0) is 5.88 Å². The third-order valence-corrected chi connectivity index (χ3v) is 3.21. The molecule has 1 aromatic carbocycles. The summed E-state index contributed by atoms with van der Waals surface area (Å²) < 4.78 is 14.0. The maximum absolute atomic E-state index is 13.2. The number of rotatable bonds is 2. The number of aldehydes is 1. The van der Waals surface area contributed by atoms with Crippen LogP contribution in [0.3, 0.4) is 0 Å². The van der Waals surface area contributed by atoms with Crippen molar-refractivity contribution in [3.8, 4) is 0 Å². The molecule has 0 saturated carbocycles. The van der Waals surface area contributed by atoms with Crippen molar-refractivity contribution in [2.45, 2.75) is 5.88 Å². The van der Waals surface area contributed by atoms with E-state index in [-0.39, 0.29) is 5.82 Å². The van der Waals surface area contributed by atoms with Crippen molar-refractivity contribution < 1.29 is 9.18 Å². The number of halogens is 2. The molecule has 0 fully saturated rings. The van der Waals surface area contributed by atoms with Gasteiger partial charge in [-0.1, -0.05) is 0 Å². The minimum Gasteiger partial charge on any atom is -0.298 e. The molecule has 4 heteroatoms. The second-order valence-corrected chi connectivity index (χ2v) is 4.07. The van der Waals surface area contributed by atoms with Gasteiger partial charge in [-0.15, -0.1) is 22.9 Å². The van der Waals surface area contributed by atoms with Crippen LogP contribution < -0.4 is 0 Å². The topological polar surface area (TPSA) is 17.1 Å². The second kappa shape index (κ2) is 3.67. The summed E-state index contributed by atoms with van der Waals surface area (Å²) in [6.45, 7) is 0. The summed E-state index contributed by atoms with van der Waals surface area (Å²) in [7, 11) is 0. The maximum atomic E-state index is 13.2. The maximum Gasteiger partial charge on any atom is 0.150 e. The van der Waals surface area contributed by atoms with Gasteiger partial charge >= 0.3 is 0 Å². The van der Waals surface area contributed by atoms with E-state index in [1.807, 2.05) is 6.07 Å². The highest BCUT2D eigenvalue weighted by molar-refractivity contribution is 7.17. The fourth-order valence-electron chi connectivity index (χ4n) is 1.39. The van der Waals surface area contributed by atoms with Crippen LogP contribution in [0.2, 0.25) is 0 Å². The average Bonchev–Trinajstić information content (AvgIpc) is 2.59. The van der Waals surface area contributed by atoms with Crippen LogP contribution in [0.5, 0.6) is 0 Å². The van der Waals surface area contributed by atoms with Gasteiger partial charge in [0.15, 0.2) is 6.29 Å². The number of thiophene rings is 1. The first-order chi connectivity index (χ1) is 6.76. The molecule has 0 aliphatic rings. The van der Waals surface area contributed by atoms with E-state index < -0.39 is 0 Å². The third kappa shape index (κ3) is 1.42. The van der Waals surface area contributed by atoms with Gasteiger partial charge in [-0.25, -0.2) is 4.39 Å². The fraction of sp³-hybridized carbons (Fsp3) is 0.100. The number of carbonyl (C=O) groups excluding carboxylic acids is 1. The zero-order valence-electron chi connectivity index (χ0n) is 7.09. The van der Waals surface area contributed by atoms with E-state index in [0.717, 1.165) is 10.3 Å². The molecule has 0 atom stereocenters. The van der Waals surface area contributed by atoms with E-state index in [0.29, 0.717) is 23.1 Å². The Kier molecular flexibility index (Phi) is 2.52. The number of hydrogen-bond donors (Lipinski definition) is 0. The molecule has 72 valence electrons. The lowest BCUT2D eigenvalue weighted by Gasteiger charge is -1.99. The predicted octanol–water partition coefficient (Wildman–Crippen LogP) is 3.59. The highest BCUT2D eigenvalue weighted by atomic mass is 35.5. The minimum atomic E-state index is -0.340. The van der Waals surface area contributed by atoms with Gasteiger partial charge in [0.05, 0.1) is 0 Å². The standard InChI is InChI=1S/C10H6ClFOS/c11-3-6-1-7(4-13)10-8(12)5-14-9(10)2-6/h1-2,4-5H,3H2. The lowest BCUT2D eigenvalue weighted by atomic mass is 10.1. The van der Waals surface area contributed by atoms with Gasteiger partial charge in [-0.2, -0.15) is 0 Å². The smallest absolute Gasteiger partial charge is 0.150 e. The van der Waals surface area contributed by atoms with Gasteiger partial charge < -0.3 is 0 Å². The van der Waals surface area contributed by atoms with Crippen LogP contribution in [0.4, 0.5) is 4.39 Å². The van der Waals surface area contributed by atoms with Gasteiger partial charge in [-0.3, -0.25) is 4.79 Å². The molecular formula is C10H6ClFOS. The summed E-state index contributed by atoms with van der Waals surface area (Å²) in [5.41, 5.74) is 1.21. The zero-order valence-corrected chi connectivity index (χ0v) is 8.66. The van der Waals surface area contributed by atoms with Crippen molar-refractivity contribution in [2.75, 3.05) is 0 Å². The van der Waals surface area contributed by atoms with E-state index in [1.165, 1.54) is 16.7 Å².